The smallest absolute Gasteiger partial charge is 0.161 e. The van der Waals surface area contributed by atoms with Crippen molar-refractivity contribution in [3.8, 4) is 11.5 Å². The van der Waals surface area contributed by atoms with Gasteiger partial charge in [0.1, 0.15) is 18.1 Å². The number of pyridine rings is 1. The summed E-state index contributed by atoms with van der Waals surface area (Å²) in [4.78, 5) is 18.2. The summed E-state index contributed by atoms with van der Waals surface area (Å²) >= 11 is 0. The van der Waals surface area contributed by atoms with Crippen molar-refractivity contribution in [3.63, 3.8) is 0 Å². The van der Waals surface area contributed by atoms with Crippen LogP contribution in [-0.4, -0.2) is 41.6 Å². The molecular formula is C17H19N3O3. The van der Waals surface area contributed by atoms with E-state index in [2.05, 4.69) is 10.3 Å². The van der Waals surface area contributed by atoms with E-state index in [0.717, 1.165) is 17.7 Å². The van der Waals surface area contributed by atoms with Gasteiger partial charge in [-0.25, -0.2) is 4.98 Å². The van der Waals surface area contributed by atoms with Gasteiger partial charge in [0, 0.05) is 31.3 Å². The normalized spacial score (nSPS) is 16.4. The van der Waals surface area contributed by atoms with Crippen LogP contribution in [0.25, 0.3) is 0 Å². The third-order valence-corrected chi connectivity index (χ3v) is 4.19. The number of nitrogens with zero attached hydrogens (tertiary/aromatic N) is 2. The lowest BCUT2D eigenvalue weighted by atomic mass is 9.96. The number of phenols is 2. The topological polar surface area (TPSA) is 85.7 Å². The second-order valence-corrected chi connectivity index (χ2v) is 5.54. The molecule has 1 unspecified atom stereocenters. The van der Waals surface area contributed by atoms with Crippen molar-refractivity contribution in [2.24, 2.45) is 0 Å². The molecule has 0 saturated carbocycles. The molecule has 1 aliphatic heterocycles. The van der Waals surface area contributed by atoms with E-state index in [1.165, 1.54) is 6.07 Å². The molecule has 1 aliphatic rings. The maximum absolute atomic E-state index is 11.8. The van der Waals surface area contributed by atoms with Crippen molar-refractivity contribution in [2.75, 3.05) is 25.0 Å². The Kier molecular flexibility index (Phi) is 4.16. The third kappa shape index (κ3) is 2.61. The van der Waals surface area contributed by atoms with Crippen molar-refractivity contribution < 1.29 is 15.0 Å². The highest BCUT2D eigenvalue weighted by molar-refractivity contribution is 5.73. The van der Waals surface area contributed by atoms with E-state index in [4.69, 9.17) is 0 Å². The lowest BCUT2D eigenvalue weighted by molar-refractivity contribution is -0.109. The lowest BCUT2D eigenvalue weighted by Crippen LogP contribution is -2.35. The Bertz CT molecular complexity index is 733. The van der Waals surface area contributed by atoms with Gasteiger partial charge < -0.3 is 25.2 Å². The van der Waals surface area contributed by atoms with Crippen molar-refractivity contribution in [1.82, 2.24) is 10.3 Å². The summed E-state index contributed by atoms with van der Waals surface area (Å²) in [6, 6.07) is 6.32. The summed E-state index contributed by atoms with van der Waals surface area (Å²) in [5.41, 5.74) is 2.18. The number of aromatic nitrogens is 1. The lowest BCUT2D eigenvalue weighted by Gasteiger charge is -2.29. The van der Waals surface area contributed by atoms with Crippen LogP contribution in [-0.2, 0) is 11.2 Å². The number of aldehydes is 1. The summed E-state index contributed by atoms with van der Waals surface area (Å²) in [6.45, 7) is 1.30. The minimum atomic E-state index is -0.555. The molecule has 6 nitrogen and oxygen atoms in total. The van der Waals surface area contributed by atoms with Crippen LogP contribution in [0, 0.1) is 0 Å². The number of phenolic OH excluding ortho intramolecular Hbond substituents is 2. The van der Waals surface area contributed by atoms with Crippen LogP contribution in [0.3, 0.4) is 0 Å². The Morgan fingerprint density at radius 3 is 2.96 bits per heavy atom. The van der Waals surface area contributed by atoms with Gasteiger partial charge in [0.2, 0.25) is 0 Å². The summed E-state index contributed by atoms with van der Waals surface area (Å²) in [5.74, 6) is 0.386. The molecule has 2 heterocycles. The number of likely N-dealkylation sites (N-methyl/N-ethyl adjacent to an activating group) is 1. The summed E-state index contributed by atoms with van der Waals surface area (Å²) in [6.07, 6.45) is 2.97. The quantitative estimate of drug-likeness (QED) is 0.584. The number of hydrogen-bond acceptors (Lipinski definition) is 6. The summed E-state index contributed by atoms with van der Waals surface area (Å²) < 4.78 is 0. The van der Waals surface area contributed by atoms with E-state index in [1.54, 1.807) is 12.3 Å². The molecule has 1 aromatic heterocycles. The van der Waals surface area contributed by atoms with E-state index in [9.17, 15) is 15.0 Å². The fourth-order valence-electron chi connectivity index (χ4n) is 3.04. The Morgan fingerprint density at radius 2 is 2.22 bits per heavy atom. The second kappa shape index (κ2) is 6.26. The van der Waals surface area contributed by atoms with Crippen LogP contribution in [0.15, 0.2) is 30.5 Å². The van der Waals surface area contributed by atoms with Crippen LogP contribution in [0.1, 0.15) is 22.7 Å². The molecule has 0 spiro atoms. The maximum Gasteiger partial charge on any atom is 0.161 e. The van der Waals surface area contributed by atoms with Crippen molar-refractivity contribution >= 4 is 12.1 Å². The van der Waals surface area contributed by atoms with Gasteiger partial charge in [0.15, 0.2) is 11.5 Å². The van der Waals surface area contributed by atoms with Crippen molar-refractivity contribution in [1.29, 1.82) is 0 Å². The Hall–Kier alpha value is -2.60. The highest BCUT2D eigenvalue weighted by Gasteiger charge is 2.30. The van der Waals surface area contributed by atoms with Gasteiger partial charge in [0.05, 0.1) is 0 Å². The fourth-order valence-corrected chi connectivity index (χ4v) is 3.04. The van der Waals surface area contributed by atoms with Crippen LogP contribution in [0.5, 0.6) is 11.5 Å². The van der Waals surface area contributed by atoms with Gasteiger partial charge in [-0.2, -0.15) is 0 Å². The number of hydrogen-bond donors (Lipinski definition) is 3. The zero-order valence-electron chi connectivity index (χ0n) is 12.9. The Morgan fingerprint density at radius 1 is 1.39 bits per heavy atom. The average Bonchev–Trinajstić information content (AvgIpc) is 2.70. The molecule has 0 aliphatic carbocycles. The highest BCUT2D eigenvalue weighted by atomic mass is 16.3. The molecule has 1 atom stereocenters. The molecule has 0 bridgehead atoms. The molecule has 6 heteroatoms. The van der Waals surface area contributed by atoms with Gasteiger partial charge in [-0.1, -0.05) is 12.1 Å². The van der Waals surface area contributed by atoms with Gasteiger partial charge >= 0.3 is 0 Å². The first-order chi connectivity index (χ1) is 11.2. The first-order valence-corrected chi connectivity index (χ1v) is 7.51. The standard InChI is InChI=1S/C17H19N3O3/c1-18-7-8-20-14(10-21)12-4-5-15(22)16(23)13(12)9-11-3-2-6-19-17(11)20/h2-6,10,14,18,22-23H,7-9H2,1H3. The van der Waals surface area contributed by atoms with E-state index in [0.29, 0.717) is 30.6 Å². The molecule has 2 aromatic rings. The number of aromatic hydroxyl groups is 2. The molecule has 0 saturated heterocycles. The molecule has 0 fully saturated rings. The first kappa shape index (κ1) is 15.3. The van der Waals surface area contributed by atoms with E-state index >= 15 is 0 Å². The van der Waals surface area contributed by atoms with E-state index < -0.39 is 6.04 Å². The Labute approximate surface area is 134 Å². The van der Waals surface area contributed by atoms with Gasteiger partial charge in [-0.05, 0) is 30.3 Å². The number of anilines is 1. The number of carbonyl (C=O) groups excluding carboxylic acids is 1. The number of rotatable bonds is 4. The Balaban J connectivity index is 2.20. The van der Waals surface area contributed by atoms with Crippen LogP contribution < -0.4 is 10.2 Å². The van der Waals surface area contributed by atoms with E-state index in [-0.39, 0.29) is 11.5 Å². The molecule has 3 N–H and O–H groups in total. The predicted octanol–water partition coefficient (Wildman–Crippen LogP) is 1.36. The molecule has 1 aromatic carbocycles. The molecule has 3 rings (SSSR count). The largest absolute Gasteiger partial charge is 0.504 e. The third-order valence-electron chi connectivity index (χ3n) is 4.19. The van der Waals surface area contributed by atoms with Gasteiger partial charge in [-0.3, -0.25) is 0 Å². The number of benzene rings is 1. The van der Waals surface area contributed by atoms with Crippen LogP contribution >= 0.6 is 0 Å². The summed E-state index contributed by atoms with van der Waals surface area (Å²) in [7, 11) is 1.85. The zero-order chi connectivity index (χ0) is 16.4. The number of nitrogens with one attached hydrogen (secondary N) is 1. The highest BCUT2D eigenvalue weighted by Crippen LogP contribution is 2.41. The molecule has 0 amide bonds. The molecular weight excluding hydrogens is 294 g/mol. The maximum atomic E-state index is 11.8. The molecule has 23 heavy (non-hydrogen) atoms. The number of carbonyl (C=O) groups is 1. The van der Waals surface area contributed by atoms with Crippen molar-refractivity contribution in [2.45, 2.75) is 12.5 Å². The first-order valence-electron chi connectivity index (χ1n) is 7.51. The molecule has 120 valence electrons. The van der Waals surface area contributed by atoms with E-state index in [1.807, 2.05) is 24.1 Å². The summed E-state index contributed by atoms with van der Waals surface area (Å²) in [5, 5.41) is 23.1. The van der Waals surface area contributed by atoms with Gasteiger partial charge in [0.25, 0.3) is 0 Å². The van der Waals surface area contributed by atoms with Crippen LogP contribution in [0.2, 0.25) is 0 Å². The second-order valence-electron chi connectivity index (χ2n) is 5.54. The van der Waals surface area contributed by atoms with Crippen LogP contribution in [0.4, 0.5) is 5.82 Å². The predicted molar refractivity (Wildman–Crippen MR) is 86.9 cm³/mol. The SMILES string of the molecule is CNCCN1c2ncccc2Cc2c(ccc(O)c2O)C1C=O. The molecule has 0 radical (unpaired) electrons. The monoisotopic (exact) mass is 313 g/mol. The minimum absolute atomic E-state index is 0.167. The fraction of sp³-hybridized carbons (Fsp3) is 0.294. The average molecular weight is 313 g/mol. The number of fused-ring (bicyclic) bond motifs is 2. The minimum Gasteiger partial charge on any atom is -0.504 e. The van der Waals surface area contributed by atoms with Gasteiger partial charge in [-0.15, -0.1) is 0 Å². The van der Waals surface area contributed by atoms with Crippen molar-refractivity contribution in [3.05, 3.63) is 47.2 Å². The zero-order valence-corrected chi connectivity index (χ0v) is 12.9.